The number of hydrogen-bond donors (Lipinski definition) is 2. The van der Waals surface area contributed by atoms with Crippen molar-refractivity contribution in [1.82, 2.24) is 9.88 Å². The van der Waals surface area contributed by atoms with Gasteiger partial charge in [-0.1, -0.05) is 0 Å². The summed E-state index contributed by atoms with van der Waals surface area (Å²) in [7, 11) is 3.34. The molecule has 2 amide bonds. The van der Waals surface area contributed by atoms with Crippen molar-refractivity contribution >= 4 is 41.2 Å². The molecule has 0 aliphatic carbocycles. The van der Waals surface area contributed by atoms with Gasteiger partial charge in [0.05, 0.1) is 5.01 Å². The summed E-state index contributed by atoms with van der Waals surface area (Å²) in [6.07, 6.45) is 0.662. The number of halogens is 1. The maximum atomic E-state index is 12.1. The second-order valence-corrected chi connectivity index (χ2v) is 6.16. The van der Waals surface area contributed by atoms with Gasteiger partial charge < -0.3 is 20.7 Å². The number of carbonyl (C=O) groups excluding carboxylic acids is 2. The predicted molar refractivity (Wildman–Crippen MR) is 101 cm³/mol. The number of anilines is 1. The van der Waals surface area contributed by atoms with E-state index in [1.165, 1.54) is 16.2 Å². The van der Waals surface area contributed by atoms with Gasteiger partial charge in [0, 0.05) is 31.6 Å². The number of aromatic nitrogens is 1. The van der Waals surface area contributed by atoms with E-state index in [1.807, 2.05) is 0 Å². The Balaban J connectivity index is 0.00000312. The van der Waals surface area contributed by atoms with Gasteiger partial charge in [-0.3, -0.25) is 9.59 Å². The Morgan fingerprint density at radius 3 is 2.56 bits per heavy atom. The maximum Gasteiger partial charge on any atom is 0.275 e. The van der Waals surface area contributed by atoms with Gasteiger partial charge in [0.2, 0.25) is 0 Å². The molecule has 0 bridgehead atoms. The van der Waals surface area contributed by atoms with Gasteiger partial charge in [0.15, 0.2) is 6.61 Å². The highest BCUT2D eigenvalue weighted by Gasteiger charge is 2.11. The lowest BCUT2D eigenvalue weighted by Crippen LogP contribution is -2.27. The van der Waals surface area contributed by atoms with Crippen molar-refractivity contribution < 1.29 is 14.3 Å². The van der Waals surface area contributed by atoms with Gasteiger partial charge >= 0.3 is 0 Å². The molecule has 0 aliphatic rings. The fourth-order valence-corrected chi connectivity index (χ4v) is 2.55. The molecule has 1 aromatic carbocycles. The van der Waals surface area contributed by atoms with Crippen molar-refractivity contribution in [3.8, 4) is 5.75 Å². The third-order valence-electron chi connectivity index (χ3n) is 3.12. The van der Waals surface area contributed by atoms with Gasteiger partial charge in [-0.2, -0.15) is 0 Å². The monoisotopic (exact) mass is 384 g/mol. The molecule has 0 atom stereocenters. The van der Waals surface area contributed by atoms with E-state index in [0.717, 1.165) is 5.01 Å². The quantitative estimate of drug-likeness (QED) is 0.758. The van der Waals surface area contributed by atoms with Crippen LogP contribution in [0.5, 0.6) is 5.75 Å². The summed E-state index contributed by atoms with van der Waals surface area (Å²) in [6, 6.07) is 6.81. The molecular formula is C16H21ClN4O3S. The van der Waals surface area contributed by atoms with E-state index in [4.69, 9.17) is 10.5 Å². The van der Waals surface area contributed by atoms with Crippen LogP contribution in [0.4, 0.5) is 5.69 Å². The SMILES string of the molecule is CN(C)C(=O)COc1ccc(NC(=O)c2csc(CCN)n2)cc1.Cl. The highest BCUT2D eigenvalue weighted by atomic mass is 35.5. The molecule has 1 aromatic heterocycles. The van der Waals surface area contributed by atoms with Crippen LogP contribution in [0, 0.1) is 0 Å². The van der Waals surface area contributed by atoms with E-state index in [2.05, 4.69) is 10.3 Å². The fourth-order valence-electron chi connectivity index (χ4n) is 1.76. The van der Waals surface area contributed by atoms with Crippen molar-refractivity contribution in [2.24, 2.45) is 5.73 Å². The lowest BCUT2D eigenvalue weighted by molar-refractivity contribution is -0.130. The highest BCUT2D eigenvalue weighted by molar-refractivity contribution is 7.09. The van der Waals surface area contributed by atoms with E-state index in [0.29, 0.717) is 30.1 Å². The second kappa shape index (κ2) is 9.97. The van der Waals surface area contributed by atoms with Crippen molar-refractivity contribution in [1.29, 1.82) is 0 Å². The summed E-state index contributed by atoms with van der Waals surface area (Å²) >= 11 is 1.42. The normalized spacial score (nSPS) is 9.88. The minimum atomic E-state index is -0.272. The molecule has 7 nitrogen and oxygen atoms in total. The molecule has 0 spiro atoms. The molecule has 1 heterocycles. The molecule has 0 fully saturated rings. The van der Waals surface area contributed by atoms with Crippen LogP contribution < -0.4 is 15.8 Å². The smallest absolute Gasteiger partial charge is 0.275 e. The van der Waals surface area contributed by atoms with Crippen LogP contribution in [-0.4, -0.2) is 48.9 Å². The van der Waals surface area contributed by atoms with Crippen molar-refractivity contribution in [2.75, 3.05) is 32.6 Å². The number of likely N-dealkylation sites (N-methyl/N-ethyl adjacent to an activating group) is 1. The molecule has 0 unspecified atom stereocenters. The third-order valence-corrected chi connectivity index (χ3v) is 4.02. The number of ether oxygens (including phenoxy) is 1. The first-order valence-electron chi connectivity index (χ1n) is 7.38. The summed E-state index contributed by atoms with van der Waals surface area (Å²) in [5.74, 6) is 0.164. The number of carbonyl (C=O) groups is 2. The Morgan fingerprint density at radius 2 is 1.96 bits per heavy atom. The minimum absolute atomic E-state index is 0. The number of nitrogens with zero attached hydrogens (tertiary/aromatic N) is 2. The fraction of sp³-hybridized carbons (Fsp3) is 0.312. The molecule has 2 aromatic rings. The Bertz CT molecular complexity index is 704. The minimum Gasteiger partial charge on any atom is -0.484 e. The number of nitrogens with one attached hydrogen (secondary N) is 1. The van der Waals surface area contributed by atoms with E-state index >= 15 is 0 Å². The zero-order chi connectivity index (χ0) is 17.5. The molecular weight excluding hydrogens is 364 g/mol. The average molecular weight is 385 g/mol. The van der Waals surface area contributed by atoms with Crippen LogP contribution in [0.3, 0.4) is 0 Å². The van der Waals surface area contributed by atoms with Crippen LogP contribution >= 0.6 is 23.7 Å². The van der Waals surface area contributed by atoms with Crippen molar-refractivity contribution in [3.63, 3.8) is 0 Å². The van der Waals surface area contributed by atoms with E-state index in [9.17, 15) is 9.59 Å². The second-order valence-electron chi connectivity index (χ2n) is 5.22. The number of benzene rings is 1. The van der Waals surface area contributed by atoms with Crippen LogP contribution in [0.25, 0.3) is 0 Å². The molecule has 3 N–H and O–H groups in total. The van der Waals surface area contributed by atoms with Crippen LogP contribution in [0.15, 0.2) is 29.6 Å². The number of rotatable bonds is 7. The Morgan fingerprint density at radius 1 is 1.28 bits per heavy atom. The standard InChI is InChI=1S/C16H20N4O3S.ClH/c1-20(2)15(21)9-23-12-5-3-11(4-6-12)18-16(22)13-10-24-14(19-13)7-8-17;/h3-6,10H,7-9,17H2,1-2H3,(H,18,22);1H. The predicted octanol–water partition coefficient (Wildman–Crippen LogP) is 1.79. The molecule has 0 saturated heterocycles. The summed E-state index contributed by atoms with van der Waals surface area (Å²) in [6.45, 7) is 0.480. The van der Waals surface area contributed by atoms with Gasteiger partial charge in [0.1, 0.15) is 11.4 Å². The first-order valence-corrected chi connectivity index (χ1v) is 8.26. The maximum absolute atomic E-state index is 12.1. The largest absolute Gasteiger partial charge is 0.484 e. The number of thiazole rings is 1. The Kier molecular flexibility index (Phi) is 8.33. The Hall–Kier alpha value is -2.16. The van der Waals surface area contributed by atoms with E-state index < -0.39 is 0 Å². The molecule has 0 saturated carbocycles. The van der Waals surface area contributed by atoms with Gasteiger partial charge in [0.25, 0.3) is 11.8 Å². The first kappa shape index (κ1) is 20.9. The third kappa shape index (κ3) is 6.33. The Labute approximate surface area is 156 Å². The zero-order valence-corrected chi connectivity index (χ0v) is 15.7. The first-order chi connectivity index (χ1) is 11.5. The van der Waals surface area contributed by atoms with E-state index in [-0.39, 0.29) is 30.8 Å². The lowest BCUT2D eigenvalue weighted by Gasteiger charge is -2.11. The van der Waals surface area contributed by atoms with Crippen LogP contribution in [0.1, 0.15) is 15.5 Å². The van der Waals surface area contributed by atoms with E-state index in [1.54, 1.807) is 43.7 Å². The van der Waals surface area contributed by atoms with Gasteiger partial charge in [-0.25, -0.2) is 4.98 Å². The molecule has 9 heteroatoms. The summed E-state index contributed by atoms with van der Waals surface area (Å²) < 4.78 is 5.38. The molecule has 25 heavy (non-hydrogen) atoms. The number of hydrogen-bond acceptors (Lipinski definition) is 6. The van der Waals surface area contributed by atoms with Gasteiger partial charge in [-0.05, 0) is 30.8 Å². The molecule has 136 valence electrons. The number of amides is 2. The summed E-state index contributed by atoms with van der Waals surface area (Å²) in [4.78, 5) is 29.3. The zero-order valence-electron chi connectivity index (χ0n) is 14.0. The molecule has 0 radical (unpaired) electrons. The summed E-state index contributed by atoms with van der Waals surface area (Å²) in [5, 5.41) is 5.32. The highest BCUT2D eigenvalue weighted by Crippen LogP contribution is 2.17. The number of nitrogens with two attached hydrogens (primary N) is 1. The molecule has 2 rings (SSSR count). The van der Waals surface area contributed by atoms with Crippen molar-refractivity contribution in [3.05, 3.63) is 40.3 Å². The van der Waals surface area contributed by atoms with Crippen LogP contribution in [0.2, 0.25) is 0 Å². The van der Waals surface area contributed by atoms with Crippen LogP contribution in [-0.2, 0) is 11.2 Å². The van der Waals surface area contributed by atoms with Gasteiger partial charge in [-0.15, -0.1) is 23.7 Å². The lowest BCUT2D eigenvalue weighted by atomic mass is 10.3. The topological polar surface area (TPSA) is 97.5 Å². The van der Waals surface area contributed by atoms with Crippen molar-refractivity contribution in [2.45, 2.75) is 6.42 Å². The summed E-state index contributed by atoms with van der Waals surface area (Å²) in [5.41, 5.74) is 6.47. The molecule has 0 aliphatic heterocycles. The average Bonchev–Trinajstić information content (AvgIpc) is 3.03.